The Labute approximate surface area is 149 Å². The molecule has 8 heteroatoms. The number of nitrogens with one attached hydrogen (secondary N) is 1. The molecule has 0 atom stereocenters. The van der Waals surface area contributed by atoms with Crippen LogP contribution in [0.3, 0.4) is 0 Å². The van der Waals surface area contributed by atoms with Crippen molar-refractivity contribution in [3.8, 4) is 17.2 Å². The lowest BCUT2D eigenvalue weighted by Gasteiger charge is -2.15. The van der Waals surface area contributed by atoms with Crippen molar-refractivity contribution in [1.82, 2.24) is 14.7 Å². The zero-order valence-electron chi connectivity index (χ0n) is 14.2. The van der Waals surface area contributed by atoms with E-state index >= 15 is 0 Å². The number of benzene rings is 1. The molecule has 25 heavy (non-hydrogen) atoms. The Balaban J connectivity index is 1.69. The number of fused-ring (bicyclic) bond motifs is 1. The fourth-order valence-corrected chi connectivity index (χ4v) is 3.25. The summed E-state index contributed by atoms with van der Waals surface area (Å²) >= 11 is 1.53. The highest BCUT2D eigenvalue weighted by Gasteiger charge is 2.15. The Kier molecular flexibility index (Phi) is 5.08. The molecule has 0 bridgehead atoms. The predicted molar refractivity (Wildman–Crippen MR) is 94.7 cm³/mol. The molecule has 0 aliphatic heterocycles. The second kappa shape index (κ2) is 7.43. The van der Waals surface area contributed by atoms with Crippen LogP contribution < -0.4 is 19.5 Å². The highest BCUT2D eigenvalue weighted by molar-refractivity contribution is 7.15. The lowest BCUT2D eigenvalue weighted by Crippen LogP contribution is -2.25. The molecule has 132 valence electrons. The predicted octanol–water partition coefficient (Wildman–Crippen LogP) is 2.28. The third-order valence-corrected chi connectivity index (χ3v) is 4.53. The average molecular weight is 361 g/mol. The number of imidazole rings is 1. The van der Waals surface area contributed by atoms with Gasteiger partial charge in [-0.15, -0.1) is 11.3 Å². The van der Waals surface area contributed by atoms with Crippen LogP contribution in [0.5, 0.6) is 17.2 Å². The summed E-state index contributed by atoms with van der Waals surface area (Å²) in [7, 11) is 4.71. The summed E-state index contributed by atoms with van der Waals surface area (Å²) in [4.78, 5) is 17.5. The van der Waals surface area contributed by atoms with Crippen molar-refractivity contribution in [2.45, 2.75) is 13.0 Å². The minimum Gasteiger partial charge on any atom is -0.496 e. The van der Waals surface area contributed by atoms with Gasteiger partial charge in [0.25, 0.3) is 0 Å². The van der Waals surface area contributed by atoms with E-state index in [1.165, 1.54) is 11.3 Å². The van der Waals surface area contributed by atoms with E-state index in [-0.39, 0.29) is 18.9 Å². The zero-order chi connectivity index (χ0) is 17.8. The van der Waals surface area contributed by atoms with Crippen molar-refractivity contribution in [2.75, 3.05) is 21.3 Å². The largest absolute Gasteiger partial charge is 0.496 e. The van der Waals surface area contributed by atoms with Gasteiger partial charge in [0.2, 0.25) is 5.91 Å². The van der Waals surface area contributed by atoms with Crippen molar-refractivity contribution in [1.29, 1.82) is 0 Å². The molecule has 1 aromatic carbocycles. The van der Waals surface area contributed by atoms with Gasteiger partial charge in [0.05, 0.1) is 45.6 Å². The highest BCUT2D eigenvalue weighted by Crippen LogP contribution is 2.33. The van der Waals surface area contributed by atoms with Gasteiger partial charge in [-0.3, -0.25) is 9.20 Å². The maximum atomic E-state index is 12.2. The Bertz CT molecular complexity index is 834. The molecule has 1 amide bonds. The van der Waals surface area contributed by atoms with E-state index in [4.69, 9.17) is 14.2 Å². The molecule has 2 heterocycles. The van der Waals surface area contributed by atoms with Crippen LogP contribution in [0.25, 0.3) is 4.96 Å². The summed E-state index contributed by atoms with van der Waals surface area (Å²) < 4.78 is 17.9. The van der Waals surface area contributed by atoms with Crippen LogP contribution in [0.15, 0.2) is 29.9 Å². The number of methoxy groups -OCH3 is 3. The molecule has 0 radical (unpaired) electrons. The number of nitrogens with zero attached hydrogens (tertiary/aromatic N) is 2. The summed E-state index contributed by atoms with van der Waals surface area (Å²) in [6, 6.07) is 3.51. The number of rotatable bonds is 7. The van der Waals surface area contributed by atoms with Gasteiger partial charge in [-0.1, -0.05) is 0 Å². The van der Waals surface area contributed by atoms with Crippen LogP contribution in [-0.2, 0) is 17.8 Å². The van der Waals surface area contributed by atoms with Gasteiger partial charge in [0.15, 0.2) is 4.96 Å². The third-order valence-electron chi connectivity index (χ3n) is 3.76. The molecule has 2 aromatic heterocycles. The van der Waals surface area contributed by atoms with Crippen LogP contribution in [0.4, 0.5) is 0 Å². The molecular formula is C17H19N3O4S. The normalized spacial score (nSPS) is 10.7. The standard InChI is InChI=1S/C17H19N3O4S/c1-22-12-7-14(23-2)13(15(8-12)24-3)9-18-16(21)6-11-10-20-4-5-25-17(20)19-11/h4-5,7-8,10H,6,9H2,1-3H3,(H,18,21). The van der Waals surface area contributed by atoms with Gasteiger partial charge < -0.3 is 19.5 Å². The molecule has 0 aliphatic rings. The topological polar surface area (TPSA) is 74.1 Å². The van der Waals surface area contributed by atoms with Crippen LogP contribution in [0, 0.1) is 0 Å². The van der Waals surface area contributed by atoms with E-state index in [0.717, 1.165) is 16.2 Å². The Hall–Kier alpha value is -2.74. The van der Waals surface area contributed by atoms with E-state index < -0.39 is 0 Å². The molecule has 1 N–H and O–H groups in total. The number of carbonyl (C=O) groups excluding carboxylic acids is 1. The lowest BCUT2D eigenvalue weighted by molar-refractivity contribution is -0.120. The van der Waals surface area contributed by atoms with Crippen LogP contribution >= 0.6 is 11.3 Å². The molecule has 0 unspecified atom stereocenters. The van der Waals surface area contributed by atoms with Gasteiger partial charge in [0.1, 0.15) is 17.2 Å². The number of hydrogen-bond acceptors (Lipinski definition) is 6. The first-order chi connectivity index (χ1) is 12.1. The van der Waals surface area contributed by atoms with Crippen molar-refractivity contribution in [2.24, 2.45) is 0 Å². The Morgan fingerprint density at radius 3 is 2.52 bits per heavy atom. The van der Waals surface area contributed by atoms with Crippen molar-refractivity contribution < 1.29 is 19.0 Å². The Morgan fingerprint density at radius 2 is 1.92 bits per heavy atom. The summed E-state index contributed by atoms with van der Waals surface area (Å²) in [5.74, 6) is 1.70. The van der Waals surface area contributed by atoms with Crippen molar-refractivity contribution in [3.05, 3.63) is 41.2 Å². The fraction of sp³-hybridized carbons (Fsp3) is 0.294. The van der Waals surface area contributed by atoms with E-state index in [1.807, 2.05) is 22.2 Å². The molecule has 3 aromatic rings. The minimum atomic E-state index is -0.120. The molecule has 0 saturated heterocycles. The lowest BCUT2D eigenvalue weighted by atomic mass is 10.1. The number of aromatic nitrogens is 2. The summed E-state index contributed by atoms with van der Waals surface area (Å²) in [6.45, 7) is 0.289. The number of amides is 1. The zero-order valence-corrected chi connectivity index (χ0v) is 15.1. The minimum absolute atomic E-state index is 0.120. The molecule has 0 saturated carbocycles. The molecular weight excluding hydrogens is 342 g/mol. The van der Waals surface area contributed by atoms with Gasteiger partial charge in [0, 0.05) is 29.9 Å². The first-order valence-corrected chi connectivity index (χ1v) is 8.49. The monoisotopic (exact) mass is 361 g/mol. The smallest absolute Gasteiger partial charge is 0.226 e. The van der Waals surface area contributed by atoms with Gasteiger partial charge in [-0.05, 0) is 0 Å². The van der Waals surface area contributed by atoms with Crippen molar-refractivity contribution >= 4 is 22.2 Å². The van der Waals surface area contributed by atoms with Crippen LogP contribution in [0.1, 0.15) is 11.3 Å². The second-order valence-corrected chi connectivity index (χ2v) is 6.16. The fourth-order valence-electron chi connectivity index (χ4n) is 2.53. The van der Waals surface area contributed by atoms with Crippen LogP contribution in [0.2, 0.25) is 0 Å². The summed E-state index contributed by atoms with van der Waals surface area (Å²) in [6.07, 6.45) is 4.00. The van der Waals surface area contributed by atoms with Gasteiger partial charge in [-0.25, -0.2) is 4.98 Å². The molecule has 0 aliphatic carbocycles. The van der Waals surface area contributed by atoms with E-state index in [2.05, 4.69) is 10.3 Å². The number of ether oxygens (including phenoxy) is 3. The SMILES string of the molecule is COc1cc(OC)c(CNC(=O)Cc2cn3ccsc3n2)c(OC)c1. The first kappa shape index (κ1) is 17.1. The van der Waals surface area contributed by atoms with E-state index in [9.17, 15) is 4.79 Å². The molecule has 7 nitrogen and oxygen atoms in total. The second-order valence-electron chi connectivity index (χ2n) is 5.29. The number of thiazole rings is 1. The number of carbonyl (C=O) groups is 1. The average Bonchev–Trinajstić information content (AvgIpc) is 3.20. The molecule has 0 fully saturated rings. The molecule has 0 spiro atoms. The summed E-state index contributed by atoms with van der Waals surface area (Å²) in [5.41, 5.74) is 1.49. The summed E-state index contributed by atoms with van der Waals surface area (Å²) in [5, 5.41) is 4.84. The van der Waals surface area contributed by atoms with Crippen molar-refractivity contribution in [3.63, 3.8) is 0 Å². The number of hydrogen-bond donors (Lipinski definition) is 1. The van der Waals surface area contributed by atoms with E-state index in [0.29, 0.717) is 17.2 Å². The highest BCUT2D eigenvalue weighted by atomic mass is 32.1. The Morgan fingerprint density at radius 1 is 1.20 bits per heavy atom. The maximum absolute atomic E-state index is 12.2. The van der Waals surface area contributed by atoms with Crippen LogP contribution in [-0.4, -0.2) is 36.6 Å². The maximum Gasteiger partial charge on any atom is 0.226 e. The third kappa shape index (κ3) is 3.69. The quantitative estimate of drug-likeness (QED) is 0.699. The van der Waals surface area contributed by atoms with Gasteiger partial charge >= 0.3 is 0 Å². The van der Waals surface area contributed by atoms with Gasteiger partial charge in [-0.2, -0.15) is 0 Å². The van der Waals surface area contributed by atoms with E-state index in [1.54, 1.807) is 33.5 Å². The first-order valence-electron chi connectivity index (χ1n) is 7.61. The molecule has 3 rings (SSSR count).